The molecule has 1 fully saturated rings. The largest absolute Gasteiger partial charge is 0.493 e. The maximum absolute atomic E-state index is 13.7. The molecule has 2 amide bonds. The maximum atomic E-state index is 13.7. The summed E-state index contributed by atoms with van der Waals surface area (Å²) in [5.74, 6) is 1.11. The Balaban J connectivity index is 1.75. The van der Waals surface area contributed by atoms with Gasteiger partial charge in [-0.3, -0.25) is 9.59 Å². The second-order valence-electron chi connectivity index (χ2n) is 8.79. The van der Waals surface area contributed by atoms with Crippen LogP contribution in [0.2, 0.25) is 0 Å². The Hall–Kier alpha value is -3.48. The Kier molecular flexibility index (Phi) is 5.27. The van der Waals surface area contributed by atoms with E-state index in [9.17, 15) is 9.59 Å². The summed E-state index contributed by atoms with van der Waals surface area (Å²) in [5.41, 5.74) is 3.80. The molecule has 0 bridgehead atoms. The van der Waals surface area contributed by atoms with Crippen LogP contribution in [0.4, 0.5) is 0 Å². The highest BCUT2D eigenvalue weighted by atomic mass is 16.5. The molecule has 2 aliphatic heterocycles. The number of nitrogens with one attached hydrogen (secondary N) is 1. The molecule has 2 aromatic carbocycles. The number of amides is 2. The highest BCUT2D eigenvalue weighted by Crippen LogP contribution is 2.47. The molecule has 0 saturated carbocycles. The zero-order valence-electron chi connectivity index (χ0n) is 19.4. The van der Waals surface area contributed by atoms with E-state index in [0.717, 1.165) is 34.1 Å². The van der Waals surface area contributed by atoms with Crippen molar-refractivity contribution in [1.29, 1.82) is 0 Å². The number of piperazine rings is 1. The molecule has 1 aromatic heterocycles. The fourth-order valence-electron chi connectivity index (χ4n) is 5.33. The molecule has 7 nitrogen and oxygen atoms in total. The monoisotopic (exact) mass is 447 g/mol. The molecule has 1 N–H and O–H groups in total. The first-order valence-electron chi connectivity index (χ1n) is 11.4. The Morgan fingerprint density at radius 2 is 1.88 bits per heavy atom. The van der Waals surface area contributed by atoms with Crippen LogP contribution in [0.15, 0.2) is 42.5 Å². The van der Waals surface area contributed by atoms with Crippen LogP contribution in [0.1, 0.15) is 43.1 Å². The normalized spacial score (nSPS) is 21.1. The number of carbonyl (C=O) groups excluding carboxylic acids is 2. The number of nitrogens with zero attached hydrogens (tertiary/aromatic N) is 2. The Bertz CT molecular complexity index is 1230. The van der Waals surface area contributed by atoms with Gasteiger partial charge in [0.2, 0.25) is 11.8 Å². The predicted octanol–water partition coefficient (Wildman–Crippen LogP) is 3.67. The predicted molar refractivity (Wildman–Crippen MR) is 125 cm³/mol. The number of rotatable bonds is 5. The van der Waals surface area contributed by atoms with Crippen LogP contribution in [-0.4, -0.2) is 59.4 Å². The standard InChI is InChI=1S/C26H29N3O4/c1-5-15(2)28-14-22(30)29-20(26(28)31)13-18-16-9-6-7-11-19(16)27-23(18)24(29)17-10-8-12-21(32-3)25(17)33-4/h6-12,15,20,24,27H,5,13-14H2,1-4H3/t15-,20-,24+/m0/s1. The molecule has 0 spiro atoms. The van der Waals surface area contributed by atoms with Crippen molar-refractivity contribution >= 4 is 22.7 Å². The van der Waals surface area contributed by atoms with Gasteiger partial charge in [-0.1, -0.05) is 37.3 Å². The summed E-state index contributed by atoms with van der Waals surface area (Å²) in [4.78, 5) is 34.4. The number of para-hydroxylation sites is 2. The third kappa shape index (κ3) is 3.17. The van der Waals surface area contributed by atoms with Crippen molar-refractivity contribution in [2.75, 3.05) is 20.8 Å². The van der Waals surface area contributed by atoms with Gasteiger partial charge in [0.25, 0.3) is 0 Å². The fraction of sp³-hybridized carbons (Fsp3) is 0.385. The maximum Gasteiger partial charge on any atom is 0.246 e. The first-order chi connectivity index (χ1) is 16.0. The first-order valence-corrected chi connectivity index (χ1v) is 11.4. The zero-order valence-corrected chi connectivity index (χ0v) is 19.4. The summed E-state index contributed by atoms with van der Waals surface area (Å²) >= 11 is 0. The number of fused-ring (bicyclic) bond motifs is 4. The summed E-state index contributed by atoms with van der Waals surface area (Å²) in [6, 6.07) is 12.7. The Labute approximate surface area is 193 Å². The minimum atomic E-state index is -0.562. The Morgan fingerprint density at radius 3 is 2.61 bits per heavy atom. The Morgan fingerprint density at radius 1 is 1.09 bits per heavy atom. The molecule has 3 heterocycles. The van der Waals surface area contributed by atoms with E-state index in [4.69, 9.17) is 9.47 Å². The number of hydrogen-bond acceptors (Lipinski definition) is 4. The van der Waals surface area contributed by atoms with Gasteiger partial charge in [0, 0.05) is 34.6 Å². The molecular weight excluding hydrogens is 418 g/mol. The van der Waals surface area contributed by atoms with Crippen molar-refractivity contribution in [3.8, 4) is 11.5 Å². The van der Waals surface area contributed by atoms with Gasteiger partial charge in [0.1, 0.15) is 18.6 Å². The molecule has 1 saturated heterocycles. The minimum Gasteiger partial charge on any atom is -0.493 e. The van der Waals surface area contributed by atoms with Crippen LogP contribution < -0.4 is 9.47 Å². The number of carbonyl (C=O) groups is 2. The SMILES string of the molecule is CC[C@H](C)N1CC(=O)N2[C@H](c3cccc(OC)c3OC)c3[nH]c4ccccc4c3C[C@H]2C1=O. The van der Waals surface area contributed by atoms with E-state index in [-0.39, 0.29) is 24.4 Å². The summed E-state index contributed by atoms with van der Waals surface area (Å²) in [6.07, 6.45) is 1.29. The summed E-state index contributed by atoms with van der Waals surface area (Å²) in [7, 11) is 3.20. The molecule has 0 unspecified atom stereocenters. The molecule has 7 heteroatoms. The molecule has 0 radical (unpaired) electrons. The van der Waals surface area contributed by atoms with Gasteiger partial charge >= 0.3 is 0 Å². The van der Waals surface area contributed by atoms with Crippen molar-refractivity contribution in [3.63, 3.8) is 0 Å². The number of aromatic amines is 1. The molecule has 3 atom stereocenters. The number of H-pyrrole nitrogens is 1. The summed E-state index contributed by atoms with van der Waals surface area (Å²) in [6.45, 7) is 4.13. The second-order valence-corrected chi connectivity index (χ2v) is 8.79. The lowest BCUT2D eigenvalue weighted by molar-refractivity contribution is -0.160. The number of aromatic nitrogens is 1. The number of hydrogen-bond donors (Lipinski definition) is 1. The van der Waals surface area contributed by atoms with Crippen molar-refractivity contribution in [1.82, 2.24) is 14.8 Å². The highest BCUT2D eigenvalue weighted by Gasteiger charge is 2.49. The lowest BCUT2D eigenvalue weighted by Gasteiger charge is -2.48. The smallest absolute Gasteiger partial charge is 0.246 e. The topological polar surface area (TPSA) is 74.9 Å². The third-order valence-corrected chi connectivity index (χ3v) is 7.14. The fourth-order valence-corrected chi connectivity index (χ4v) is 5.33. The van der Waals surface area contributed by atoms with Crippen LogP contribution in [0.25, 0.3) is 10.9 Å². The van der Waals surface area contributed by atoms with Crippen LogP contribution >= 0.6 is 0 Å². The van der Waals surface area contributed by atoms with Crippen LogP contribution in [-0.2, 0) is 16.0 Å². The lowest BCUT2D eigenvalue weighted by Crippen LogP contribution is -2.64. The van der Waals surface area contributed by atoms with Gasteiger partial charge in [-0.25, -0.2) is 0 Å². The van der Waals surface area contributed by atoms with Crippen molar-refractivity contribution in [2.45, 2.75) is 44.8 Å². The van der Waals surface area contributed by atoms with Gasteiger partial charge in [-0.05, 0) is 31.0 Å². The number of ether oxygens (including phenoxy) is 2. The summed E-state index contributed by atoms with van der Waals surface area (Å²) < 4.78 is 11.3. The van der Waals surface area contributed by atoms with Crippen LogP contribution in [0.3, 0.4) is 0 Å². The number of methoxy groups -OCH3 is 2. The van der Waals surface area contributed by atoms with Crippen LogP contribution in [0.5, 0.6) is 11.5 Å². The van der Waals surface area contributed by atoms with Crippen molar-refractivity contribution < 1.29 is 19.1 Å². The van der Waals surface area contributed by atoms with Gasteiger partial charge in [0.05, 0.1) is 14.2 Å². The van der Waals surface area contributed by atoms with Gasteiger partial charge in [-0.15, -0.1) is 0 Å². The van der Waals surface area contributed by atoms with E-state index >= 15 is 0 Å². The van der Waals surface area contributed by atoms with Crippen molar-refractivity contribution in [3.05, 3.63) is 59.3 Å². The molecule has 5 rings (SSSR count). The minimum absolute atomic E-state index is 0.00624. The molecular formula is C26H29N3O4. The van der Waals surface area contributed by atoms with E-state index < -0.39 is 12.1 Å². The molecule has 2 aliphatic rings. The number of benzene rings is 2. The van der Waals surface area contributed by atoms with E-state index in [1.165, 1.54) is 0 Å². The van der Waals surface area contributed by atoms with E-state index in [2.05, 4.69) is 11.1 Å². The lowest BCUT2D eigenvalue weighted by atomic mass is 9.85. The van der Waals surface area contributed by atoms with Crippen LogP contribution in [0, 0.1) is 0 Å². The molecule has 0 aliphatic carbocycles. The average Bonchev–Trinajstić information content (AvgIpc) is 3.22. The zero-order chi connectivity index (χ0) is 23.3. The van der Waals surface area contributed by atoms with Gasteiger partial charge in [0.15, 0.2) is 11.5 Å². The quantitative estimate of drug-likeness (QED) is 0.648. The second kappa shape index (κ2) is 8.14. The van der Waals surface area contributed by atoms with E-state index in [1.807, 2.05) is 50.2 Å². The van der Waals surface area contributed by atoms with E-state index in [0.29, 0.717) is 17.9 Å². The average molecular weight is 448 g/mol. The molecule has 172 valence electrons. The molecule has 33 heavy (non-hydrogen) atoms. The van der Waals surface area contributed by atoms with Gasteiger partial charge < -0.3 is 24.3 Å². The molecule has 3 aromatic rings. The first kappa shape index (κ1) is 21.4. The summed E-state index contributed by atoms with van der Waals surface area (Å²) in [5, 5.41) is 1.08. The van der Waals surface area contributed by atoms with E-state index in [1.54, 1.807) is 24.0 Å². The van der Waals surface area contributed by atoms with Gasteiger partial charge in [-0.2, -0.15) is 0 Å². The van der Waals surface area contributed by atoms with Crippen molar-refractivity contribution in [2.24, 2.45) is 0 Å². The third-order valence-electron chi connectivity index (χ3n) is 7.14. The highest BCUT2D eigenvalue weighted by molar-refractivity contribution is 5.98.